The van der Waals surface area contributed by atoms with Crippen molar-refractivity contribution in [3.8, 4) is 0 Å². The zero-order valence-electron chi connectivity index (χ0n) is 11.1. The van der Waals surface area contributed by atoms with E-state index in [0.717, 1.165) is 39.3 Å². The highest BCUT2D eigenvalue weighted by molar-refractivity contribution is 5.93. The number of carboxylic acids is 1. The number of nitrogens with two attached hydrogens (primary N) is 1. The summed E-state index contributed by atoms with van der Waals surface area (Å²) in [5.74, 6) is -0.776. The monoisotopic (exact) mass is 268 g/mol. The number of aromatic carboxylic acids is 1. The van der Waals surface area contributed by atoms with Gasteiger partial charge in [0.15, 0.2) is 0 Å². The lowest BCUT2D eigenvalue weighted by molar-refractivity contribution is 0.0368. The third-order valence-electron chi connectivity index (χ3n) is 3.33. The number of nitrogen functional groups attached to an aromatic ring is 1. The Morgan fingerprint density at radius 2 is 2.11 bits per heavy atom. The van der Waals surface area contributed by atoms with E-state index in [1.807, 2.05) is 0 Å². The van der Waals surface area contributed by atoms with E-state index in [1.165, 1.54) is 0 Å². The molecule has 1 aliphatic heterocycles. The van der Waals surface area contributed by atoms with E-state index in [0.29, 0.717) is 12.2 Å². The van der Waals surface area contributed by atoms with Gasteiger partial charge in [-0.05, 0) is 13.3 Å². The Bertz CT molecular complexity index is 452. The molecule has 0 aliphatic carbocycles. The zero-order chi connectivity index (χ0) is 13.8. The molecule has 2 heterocycles. The standard InChI is InChI=1S/C12H20N4O3/c1-9-10(12(17)18)11(13)16(14-9)4-2-3-15-5-7-19-8-6-15/h2-8,13H2,1H3,(H,17,18). The van der Waals surface area contributed by atoms with Gasteiger partial charge >= 0.3 is 5.97 Å². The lowest BCUT2D eigenvalue weighted by atomic mass is 10.2. The van der Waals surface area contributed by atoms with Crippen LogP contribution in [0, 0.1) is 6.92 Å². The van der Waals surface area contributed by atoms with Crippen molar-refractivity contribution in [1.82, 2.24) is 14.7 Å². The highest BCUT2D eigenvalue weighted by Crippen LogP contribution is 2.16. The lowest BCUT2D eigenvalue weighted by Gasteiger charge is -2.26. The minimum atomic E-state index is -1.02. The van der Waals surface area contributed by atoms with E-state index in [2.05, 4.69) is 10.00 Å². The van der Waals surface area contributed by atoms with Gasteiger partial charge in [0, 0.05) is 26.2 Å². The molecule has 0 spiro atoms. The van der Waals surface area contributed by atoms with Crippen LogP contribution in [0.2, 0.25) is 0 Å². The van der Waals surface area contributed by atoms with Crippen LogP contribution in [-0.2, 0) is 11.3 Å². The lowest BCUT2D eigenvalue weighted by Crippen LogP contribution is -2.37. The van der Waals surface area contributed by atoms with Crippen LogP contribution in [0.15, 0.2) is 0 Å². The molecule has 7 heteroatoms. The first-order valence-electron chi connectivity index (χ1n) is 6.46. The van der Waals surface area contributed by atoms with Gasteiger partial charge in [-0.3, -0.25) is 4.90 Å². The predicted octanol–water partition coefficient (Wildman–Crippen LogP) is 0.194. The van der Waals surface area contributed by atoms with Crippen molar-refractivity contribution >= 4 is 11.8 Å². The molecule has 106 valence electrons. The smallest absolute Gasteiger partial charge is 0.341 e. The second-order valence-corrected chi connectivity index (χ2v) is 4.68. The van der Waals surface area contributed by atoms with Gasteiger partial charge < -0.3 is 15.6 Å². The maximum Gasteiger partial charge on any atom is 0.341 e. The van der Waals surface area contributed by atoms with Crippen LogP contribution in [0.25, 0.3) is 0 Å². The average molecular weight is 268 g/mol. The molecule has 0 aromatic carbocycles. The molecule has 0 bridgehead atoms. The van der Waals surface area contributed by atoms with Gasteiger partial charge in [0.2, 0.25) is 0 Å². The summed E-state index contributed by atoms with van der Waals surface area (Å²) in [5.41, 5.74) is 6.40. The number of anilines is 1. The van der Waals surface area contributed by atoms with Crippen LogP contribution in [-0.4, -0.2) is 58.6 Å². The Kier molecular flexibility index (Phi) is 4.39. The molecule has 0 unspecified atom stereocenters. The Hall–Kier alpha value is -1.60. The molecule has 1 fully saturated rings. The molecule has 19 heavy (non-hydrogen) atoms. The van der Waals surface area contributed by atoms with Crippen molar-refractivity contribution in [2.75, 3.05) is 38.6 Å². The van der Waals surface area contributed by atoms with E-state index in [-0.39, 0.29) is 11.4 Å². The first-order chi connectivity index (χ1) is 9.09. The summed E-state index contributed by atoms with van der Waals surface area (Å²) >= 11 is 0. The molecule has 1 aromatic heterocycles. The van der Waals surface area contributed by atoms with Gasteiger partial charge in [-0.1, -0.05) is 0 Å². The fourth-order valence-corrected chi connectivity index (χ4v) is 2.30. The van der Waals surface area contributed by atoms with Crippen LogP contribution < -0.4 is 5.73 Å². The maximum absolute atomic E-state index is 11.0. The van der Waals surface area contributed by atoms with Gasteiger partial charge in [0.05, 0.1) is 18.9 Å². The summed E-state index contributed by atoms with van der Waals surface area (Å²) in [4.78, 5) is 13.3. The van der Waals surface area contributed by atoms with Gasteiger partial charge in [0.25, 0.3) is 0 Å². The summed E-state index contributed by atoms with van der Waals surface area (Å²) in [5, 5.41) is 13.2. The first kappa shape index (κ1) is 13.8. The molecule has 2 rings (SSSR count). The minimum Gasteiger partial charge on any atom is -0.477 e. The summed E-state index contributed by atoms with van der Waals surface area (Å²) in [6.07, 6.45) is 0.893. The van der Waals surface area contributed by atoms with Gasteiger partial charge in [-0.2, -0.15) is 5.10 Å². The van der Waals surface area contributed by atoms with Gasteiger partial charge in [0.1, 0.15) is 11.4 Å². The van der Waals surface area contributed by atoms with Crippen LogP contribution in [0.5, 0.6) is 0 Å². The molecule has 0 amide bonds. The fourth-order valence-electron chi connectivity index (χ4n) is 2.30. The summed E-state index contributed by atoms with van der Waals surface area (Å²) in [6, 6.07) is 0. The normalized spacial score (nSPS) is 16.7. The SMILES string of the molecule is Cc1nn(CCCN2CCOCC2)c(N)c1C(=O)O. The highest BCUT2D eigenvalue weighted by Gasteiger charge is 2.18. The molecule has 0 radical (unpaired) electrons. The van der Waals surface area contributed by atoms with Crippen LogP contribution in [0.1, 0.15) is 22.5 Å². The highest BCUT2D eigenvalue weighted by atomic mass is 16.5. The summed E-state index contributed by atoms with van der Waals surface area (Å²) in [6.45, 7) is 6.72. The minimum absolute atomic E-state index is 0.117. The molecule has 1 aromatic rings. The number of ether oxygens (including phenoxy) is 1. The van der Waals surface area contributed by atoms with Gasteiger partial charge in [-0.25, -0.2) is 9.48 Å². The molecule has 0 saturated carbocycles. The van der Waals surface area contributed by atoms with Crippen LogP contribution in [0.3, 0.4) is 0 Å². The van der Waals surface area contributed by atoms with Crippen LogP contribution >= 0.6 is 0 Å². The van der Waals surface area contributed by atoms with Crippen molar-refractivity contribution < 1.29 is 14.6 Å². The first-order valence-corrected chi connectivity index (χ1v) is 6.46. The Morgan fingerprint density at radius 3 is 2.68 bits per heavy atom. The third kappa shape index (κ3) is 3.24. The van der Waals surface area contributed by atoms with E-state index < -0.39 is 5.97 Å². The topological polar surface area (TPSA) is 93.6 Å². The molecule has 1 saturated heterocycles. The number of aromatic nitrogens is 2. The van der Waals surface area contributed by atoms with Gasteiger partial charge in [-0.15, -0.1) is 0 Å². The molecular formula is C12H20N4O3. The van der Waals surface area contributed by atoms with Crippen molar-refractivity contribution in [2.24, 2.45) is 0 Å². The molecule has 0 atom stereocenters. The molecule has 1 aliphatic rings. The van der Waals surface area contributed by atoms with Crippen molar-refractivity contribution in [3.05, 3.63) is 11.3 Å². The average Bonchev–Trinajstić information content (AvgIpc) is 2.66. The number of morpholine rings is 1. The van der Waals surface area contributed by atoms with E-state index >= 15 is 0 Å². The molecule has 7 nitrogen and oxygen atoms in total. The Labute approximate surface area is 111 Å². The second kappa shape index (κ2) is 6.03. The summed E-state index contributed by atoms with van der Waals surface area (Å²) < 4.78 is 6.87. The Morgan fingerprint density at radius 1 is 1.42 bits per heavy atom. The van der Waals surface area contributed by atoms with E-state index in [1.54, 1.807) is 11.6 Å². The number of hydrogen-bond donors (Lipinski definition) is 2. The number of carbonyl (C=O) groups is 1. The van der Waals surface area contributed by atoms with E-state index in [9.17, 15) is 4.79 Å². The number of carboxylic acid groups (broad SMARTS) is 1. The van der Waals surface area contributed by atoms with E-state index in [4.69, 9.17) is 15.6 Å². The van der Waals surface area contributed by atoms with Crippen LogP contribution in [0.4, 0.5) is 5.82 Å². The van der Waals surface area contributed by atoms with Crippen molar-refractivity contribution in [2.45, 2.75) is 19.9 Å². The quantitative estimate of drug-likeness (QED) is 0.792. The fraction of sp³-hybridized carbons (Fsp3) is 0.667. The maximum atomic E-state index is 11.0. The van der Waals surface area contributed by atoms with Crippen molar-refractivity contribution in [1.29, 1.82) is 0 Å². The number of hydrogen-bond acceptors (Lipinski definition) is 5. The second-order valence-electron chi connectivity index (χ2n) is 4.68. The van der Waals surface area contributed by atoms with Crippen molar-refractivity contribution in [3.63, 3.8) is 0 Å². The largest absolute Gasteiger partial charge is 0.477 e. The third-order valence-corrected chi connectivity index (χ3v) is 3.33. The number of rotatable bonds is 5. The number of nitrogens with zero attached hydrogens (tertiary/aromatic N) is 3. The zero-order valence-corrected chi connectivity index (χ0v) is 11.1. The Balaban J connectivity index is 1.89. The predicted molar refractivity (Wildman–Crippen MR) is 70.2 cm³/mol. The number of aryl methyl sites for hydroxylation is 2. The molecule has 3 N–H and O–H groups in total. The molecular weight excluding hydrogens is 248 g/mol. The summed E-state index contributed by atoms with van der Waals surface area (Å²) in [7, 11) is 0.